The highest BCUT2D eigenvalue weighted by Gasteiger charge is 2.23. The van der Waals surface area contributed by atoms with Crippen LogP contribution in [0.3, 0.4) is 0 Å². The van der Waals surface area contributed by atoms with Gasteiger partial charge in [0.15, 0.2) is 0 Å². The minimum absolute atomic E-state index is 0.234. The largest absolute Gasteiger partial charge is 0.381 e. The molecular formula is C15H23NO. The first-order valence-corrected chi connectivity index (χ1v) is 6.48. The summed E-state index contributed by atoms with van der Waals surface area (Å²) >= 11 is 0. The Hall–Kier alpha value is -0.860. The molecule has 0 saturated carbocycles. The standard InChI is InChI=1S/C15H23NO/c1-10-6-11(2)14(12(3)7-10)8-15(16)13-4-5-17-9-13/h6-7,13,15H,4-5,8-9,16H2,1-3H3. The van der Waals surface area contributed by atoms with Crippen LogP contribution >= 0.6 is 0 Å². The number of benzene rings is 1. The number of ether oxygens (including phenoxy) is 1. The molecule has 1 fully saturated rings. The fourth-order valence-corrected chi connectivity index (χ4v) is 2.82. The molecule has 2 unspecified atom stereocenters. The molecule has 17 heavy (non-hydrogen) atoms. The number of hydrogen-bond donors (Lipinski definition) is 1. The summed E-state index contributed by atoms with van der Waals surface area (Å²) in [5, 5.41) is 0. The Labute approximate surface area is 104 Å². The van der Waals surface area contributed by atoms with E-state index in [0.717, 1.165) is 26.1 Å². The highest BCUT2D eigenvalue weighted by Crippen LogP contribution is 2.22. The molecule has 0 radical (unpaired) electrons. The smallest absolute Gasteiger partial charge is 0.0510 e. The maximum atomic E-state index is 6.31. The Kier molecular flexibility index (Phi) is 3.85. The lowest BCUT2D eigenvalue weighted by atomic mass is 9.89. The van der Waals surface area contributed by atoms with Crippen LogP contribution < -0.4 is 5.73 Å². The second-order valence-corrected chi connectivity index (χ2v) is 5.37. The van der Waals surface area contributed by atoms with E-state index in [1.165, 1.54) is 22.3 Å². The second-order valence-electron chi connectivity index (χ2n) is 5.37. The summed E-state index contributed by atoms with van der Waals surface area (Å²) in [6, 6.07) is 4.73. The molecule has 1 aliphatic heterocycles. The first kappa shape index (κ1) is 12.6. The molecule has 0 bridgehead atoms. The van der Waals surface area contributed by atoms with E-state index in [9.17, 15) is 0 Å². The zero-order valence-electron chi connectivity index (χ0n) is 11.1. The molecule has 1 heterocycles. The Morgan fingerprint density at radius 3 is 2.47 bits per heavy atom. The highest BCUT2D eigenvalue weighted by atomic mass is 16.5. The van der Waals surface area contributed by atoms with Crippen LogP contribution in [0.4, 0.5) is 0 Å². The van der Waals surface area contributed by atoms with Crippen LogP contribution in [0.2, 0.25) is 0 Å². The van der Waals surface area contributed by atoms with Gasteiger partial charge in [0.05, 0.1) is 6.61 Å². The topological polar surface area (TPSA) is 35.2 Å². The van der Waals surface area contributed by atoms with E-state index >= 15 is 0 Å². The molecule has 0 amide bonds. The van der Waals surface area contributed by atoms with Crippen molar-refractivity contribution in [2.45, 2.75) is 39.7 Å². The van der Waals surface area contributed by atoms with Crippen molar-refractivity contribution in [1.82, 2.24) is 0 Å². The van der Waals surface area contributed by atoms with Gasteiger partial charge >= 0.3 is 0 Å². The van der Waals surface area contributed by atoms with Crippen molar-refractivity contribution in [1.29, 1.82) is 0 Å². The summed E-state index contributed by atoms with van der Waals surface area (Å²) in [6.07, 6.45) is 2.09. The summed E-state index contributed by atoms with van der Waals surface area (Å²) in [4.78, 5) is 0. The van der Waals surface area contributed by atoms with Crippen LogP contribution in [0.1, 0.15) is 28.7 Å². The SMILES string of the molecule is Cc1cc(C)c(CC(N)C2CCOC2)c(C)c1. The van der Waals surface area contributed by atoms with Gasteiger partial charge < -0.3 is 10.5 Å². The molecule has 2 heteroatoms. The van der Waals surface area contributed by atoms with Crippen LogP contribution in [-0.2, 0) is 11.2 Å². The molecule has 0 spiro atoms. The molecule has 0 aliphatic carbocycles. The summed E-state index contributed by atoms with van der Waals surface area (Å²) in [5.41, 5.74) is 11.8. The summed E-state index contributed by atoms with van der Waals surface area (Å²) in [6.45, 7) is 8.24. The fraction of sp³-hybridized carbons (Fsp3) is 0.600. The number of rotatable bonds is 3. The van der Waals surface area contributed by atoms with Crippen molar-refractivity contribution >= 4 is 0 Å². The normalized spacial score (nSPS) is 21.8. The quantitative estimate of drug-likeness (QED) is 0.870. The van der Waals surface area contributed by atoms with Gasteiger partial charge in [-0.25, -0.2) is 0 Å². The van der Waals surface area contributed by atoms with Gasteiger partial charge in [-0.05, 0) is 56.2 Å². The van der Waals surface area contributed by atoms with Gasteiger partial charge in [-0.3, -0.25) is 0 Å². The third kappa shape index (κ3) is 2.88. The first-order valence-electron chi connectivity index (χ1n) is 6.48. The van der Waals surface area contributed by atoms with Crippen LogP contribution in [0.25, 0.3) is 0 Å². The minimum atomic E-state index is 0.234. The maximum Gasteiger partial charge on any atom is 0.0510 e. The Bertz CT molecular complexity index is 371. The van der Waals surface area contributed by atoms with E-state index in [-0.39, 0.29) is 6.04 Å². The fourth-order valence-electron chi connectivity index (χ4n) is 2.82. The molecular weight excluding hydrogens is 210 g/mol. The van der Waals surface area contributed by atoms with E-state index < -0.39 is 0 Å². The van der Waals surface area contributed by atoms with E-state index in [1.807, 2.05) is 0 Å². The van der Waals surface area contributed by atoms with Gasteiger partial charge in [-0.2, -0.15) is 0 Å². The van der Waals surface area contributed by atoms with Crippen molar-refractivity contribution in [2.75, 3.05) is 13.2 Å². The third-order valence-corrected chi connectivity index (χ3v) is 3.85. The van der Waals surface area contributed by atoms with Gasteiger partial charge in [-0.15, -0.1) is 0 Å². The van der Waals surface area contributed by atoms with Gasteiger partial charge in [0, 0.05) is 12.6 Å². The molecule has 2 nitrogen and oxygen atoms in total. The molecule has 1 aliphatic rings. The van der Waals surface area contributed by atoms with E-state index in [1.54, 1.807) is 0 Å². The number of hydrogen-bond acceptors (Lipinski definition) is 2. The highest BCUT2D eigenvalue weighted by molar-refractivity contribution is 5.38. The Morgan fingerprint density at radius 2 is 1.94 bits per heavy atom. The van der Waals surface area contributed by atoms with Crippen LogP contribution in [0, 0.1) is 26.7 Å². The van der Waals surface area contributed by atoms with Gasteiger partial charge in [0.25, 0.3) is 0 Å². The van der Waals surface area contributed by atoms with Gasteiger partial charge in [-0.1, -0.05) is 17.7 Å². The molecule has 1 aromatic rings. The summed E-state index contributed by atoms with van der Waals surface area (Å²) in [7, 11) is 0. The molecule has 2 N–H and O–H groups in total. The lowest BCUT2D eigenvalue weighted by Gasteiger charge is -2.20. The Balaban J connectivity index is 2.12. The third-order valence-electron chi connectivity index (χ3n) is 3.85. The van der Waals surface area contributed by atoms with Crippen molar-refractivity contribution in [3.63, 3.8) is 0 Å². The number of nitrogens with two attached hydrogens (primary N) is 1. The lowest BCUT2D eigenvalue weighted by Crippen LogP contribution is -2.33. The average molecular weight is 233 g/mol. The van der Waals surface area contributed by atoms with Gasteiger partial charge in [0.1, 0.15) is 0 Å². The zero-order valence-corrected chi connectivity index (χ0v) is 11.1. The van der Waals surface area contributed by atoms with Crippen molar-refractivity contribution in [2.24, 2.45) is 11.7 Å². The minimum Gasteiger partial charge on any atom is -0.381 e. The predicted octanol–water partition coefficient (Wildman–Crippen LogP) is 2.52. The van der Waals surface area contributed by atoms with Crippen LogP contribution in [0.15, 0.2) is 12.1 Å². The van der Waals surface area contributed by atoms with Crippen molar-refractivity contribution in [3.05, 3.63) is 34.4 Å². The number of aryl methyl sites for hydroxylation is 3. The van der Waals surface area contributed by atoms with Crippen LogP contribution in [0.5, 0.6) is 0 Å². The average Bonchev–Trinajstić information content (AvgIpc) is 2.76. The molecule has 2 atom stereocenters. The molecule has 2 rings (SSSR count). The van der Waals surface area contributed by atoms with E-state index in [4.69, 9.17) is 10.5 Å². The zero-order chi connectivity index (χ0) is 12.4. The summed E-state index contributed by atoms with van der Waals surface area (Å²) < 4.78 is 5.42. The van der Waals surface area contributed by atoms with Crippen molar-refractivity contribution in [3.8, 4) is 0 Å². The van der Waals surface area contributed by atoms with Gasteiger partial charge in [0.2, 0.25) is 0 Å². The molecule has 0 aromatic heterocycles. The van der Waals surface area contributed by atoms with Crippen LogP contribution in [-0.4, -0.2) is 19.3 Å². The first-order chi connectivity index (χ1) is 8.08. The monoisotopic (exact) mass is 233 g/mol. The van der Waals surface area contributed by atoms with E-state index in [2.05, 4.69) is 32.9 Å². The lowest BCUT2D eigenvalue weighted by molar-refractivity contribution is 0.180. The summed E-state index contributed by atoms with van der Waals surface area (Å²) in [5.74, 6) is 0.537. The maximum absolute atomic E-state index is 6.31. The molecule has 1 aromatic carbocycles. The predicted molar refractivity (Wildman–Crippen MR) is 71.3 cm³/mol. The molecule has 1 saturated heterocycles. The second kappa shape index (κ2) is 5.19. The van der Waals surface area contributed by atoms with E-state index in [0.29, 0.717) is 5.92 Å². The Morgan fingerprint density at radius 1 is 1.29 bits per heavy atom. The van der Waals surface area contributed by atoms with Crippen molar-refractivity contribution < 1.29 is 4.74 Å². The molecule has 94 valence electrons.